The van der Waals surface area contributed by atoms with Crippen LogP contribution in [0.4, 0.5) is 0 Å². The Balaban J connectivity index is 1.60. The molecular weight excluding hydrogens is 280 g/mol. The molecule has 0 radical (unpaired) electrons. The largest absolute Gasteiger partial charge is 0.482 e. The zero-order valence-corrected chi connectivity index (χ0v) is 13.2. The zero-order chi connectivity index (χ0) is 15.6. The molecule has 120 valence electrons. The van der Waals surface area contributed by atoms with Crippen LogP contribution in [-0.2, 0) is 4.79 Å². The fraction of sp³-hybridized carbons (Fsp3) is 0.588. The van der Waals surface area contributed by atoms with Gasteiger partial charge >= 0.3 is 0 Å². The van der Waals surface area contributed by atoms with Crippen molar-refractivity contribution in [3.05, 3.63) is 24.3 Å². The summed E-state index contributed by atoms with van der Waals surface area (Å²) >= 11 is 0. The molecular formula is C17H24N2O3. The number of piperidine rings is 1. The van der Waals surface area contributed by atoms with Crippen LogP contribution in [0.1, 0.15) is 26.7 Å². The third kappa shape index (κ3) is 3.19. The number of carbonyl (C=O) groups is 1. The summed E-state index contributed by atoms with van der Waals surface area (Å²) in [7, 11) is 0. The molecule has 2 N–H and O–H groups in total. The fourth-order valence-corrected chi connectivity index (χ4v) is 3.01. The van der Waals surface area contributed by atoms with Gasteiger partial charge in [0.15, 0.2) is 11.5 Å². The number of ether oxygens (including phenoxy) is 2. The Morgan fingerprint density at radius 3 is 2.59 bits per heavy atom. The Labute approximate surface area is 131 Å². The van der Waals surface area contributed by atoms with Gasteiger partial charge in [-0.15, -0.1) is 0 Å². The van der Waals surface area contributed by atoms with Gasteiger partial charge < -0.3 is 20.1 Å². The molecule has 2 heterocycles. The molecule has 0 aromatic heterocycles. The quantitative estimate of drug-likeness (QED) is 0.893. The first kappa shape index (κ1) is 15.2. The molecule has 2 aliphatic heterocycles. The molecule has 3 rings (SSSR count). The number of amides is 1. The van der Waals surface area contributed by atoms with Gasteiger partial charge in [0, 0.05) is 6.54 Å². The lowest BCUT2D eigenvalue weighted by molar-refractivity contribution is -0.134. The Morgan fingerprint density at radius 1 is 1.27 bits per heavy atom. The predicted molar refractivity (Wildman–Crippen MR) is 84.2 cm³/mol. The van der Waals surface area contributed by atoms with Crippen LogP contribution in [0.25, 0.3) is 0 Å². The second-order valence-electron chi connectivity index (χ2n) is 6.59. The van der Waals surface area contributed by atoms with Gasteiger partial charge in [0.2, 0.25) is 6.10 Å². The van der Waals surface area contributed by atoms with Gasteiger partial charge in [-0.05, 0) is 50.4 Å². The van der Waals surface area contributed by atoms with Crippen molar-refractivity contribution in [2.45, 2.75) is 38.9 Å². The van der Waals surface area contributed by atoms with E-state index >= 15 is 0 Å². The average Bonchev–Trinajstić information content (AvgIpc) is 2.53. The highest BCUT2D eigenvalue weighted by Gasteiger charge is 2.35. The lowest BCUT2D eigenvalue weighted by Crippen LogP contribution is -2.51. The predicted octanol–water partition coefficient (Wildman–Crippen LogP) is 1.72. The second-order valence-corrected chi connectivity index (χ2v) is 6.59. The molecule has 1 saturated heterocycles. The highest BCUT2D eigenvalue weighted by Crippen LogP contribution is 2.33. The number of para-hydroxylation sites is 2. The molecule has 2 atom stereocenters. The summed E-state index contributed by atoms with van der Waals surface area (Å²) in [6.07, 6.45) is 1.26. The number of fused-ring (bicyclic) bond motifs is 1. The highest BCUT2D eigenvalue weighted by molar-refractivity contribution is 5.82. The van der Waals surface area contributed by atoms with Crippen LogP contribution in [0.3, 0.4) is 0 Å². The topological polar surface area (TPSA) is 59.6 Å². The van der Waals surface area contributed by atoms with E-state index in [4.69, 9.17) is 9.47 Å². The van der Waals surface area contributed by atoms with Crippen molar-refractivity contribution in [3.8, 4) is 11.5 Å². The first-order chi connectivity index (χ1) is 10.6. The minimum absolute atomic E-state index is 0.0956. The maximum atomic E-state index is 12.5. The van der Waals surface area contributed by atoms with Crippen molar-refractivity contribution in [1.82, 2.24) is 10.6 Å². The van der Waals surface area contributed by atoms with E-state index in [-0.39, 0.29) is 17.4 Å². The summed E-state index contributed by atoms with van der Waals surface area (Å²) in [5, 5.41) is 6.40. The highest BCUT2D eigenvalue weighted by atomic mass is 16.6. The summed E-state index contributed by atoms with van der Waals surface area (Å²) in [4.78, 5) is 12.5. The first-order valence-corrected chi connectivity index (χ1v) is 7.98. The molecule has 0 aliphatic carbocycles. The van der Waals surface area contributed by atoms with Crippen molar-refractivity contribution in [2.75, 3.05) is 19.6 Å². The van der Waals surface area contributed by atoms with Crippen molar-refractivity contribution < 1.29 is 14.3 Å². The molecule has 5 nitrogen and oxygen atoms in total. The first-order valence-electron chi connectivity index (χ1n) is 7.98. The summed E-state index contributed by atoms with van der Waals surface area (Å²) in [5.74, 6) is 1.24. The normalized spacial score (nSPS) is 26.3. The van der Waals surface area contributed by atoms with Crippen molar-refractivity contribution in [2.24, 2.45) is 5.41 Å². The standard InChI is InChI=1S/C17H24N2O3/c1-12-15(22-14-6-4-3-5-13(14)21-12)16(20)19-11-17(2)7-9-18-10-8-17/h3-6,12,15,18H,7-11H2,1-2H3,(H,19,20). The molecule has 1 fully saturated rings. The molecule has 1 amide bonds. The van der Waals surface area contributed by atoms with Crippen molar-refractivity contribution in [3.63, 3.8) is 0 Å². The van der Waals surface area contributed by atoms with E-state index in [1.165, 1.54) is 0 Å². The zero-order valence-electron chi connectivity index (χ0n) is 13.2. The van der Waals surface area contributed by atoms with E-state index in [2.05, 4.69) is 17.6 Å². The molecule has 0 saturated carbocycles. The van der Waals surface area contributed by atoms with E-state index in [0.717, 1.165) is 25.9 Å². The molecule has 5 heteroatoms. The minimum Gasteiger partial charge on any atom is -0.482 e. The van der Waals surface area contributed by atoms with Gasteiger partial charge in [-0.1, -0.05) is 19.1 Å². The van der Waals surface area contributed by atoms with Gasteiger partial charge in [-0.3, -0.25) is 4.79 Å². The van der Waals surface area contributed by atoms with Crippen LogP contribution in [0, 0.1) is 5.41 Å². The Bertz CT molecular complexity index is 540. The number of benzene rings is 1. The molecule has 0 spiro atoms. The summed E-state index contributed by atoms with van der Waals surface area (Å²) in [6.45, 7) is 6.80. The Kier molecular flexibility index (Phi) is 4.25. The maximum Gasteiger partial charge on any atom is 0.265 e. The van der Waals surface area contributed by atoms with Crippen molar-refractivity contribution in [1.29, 1.82) is 0 Å². The third-order valence-electron chi connectivity index (χ3n) is 4.60. The molecule has 2 aliphatic rings. The van der Waals surface area contributed by atoms with E-state index in [1.54, 1.807) is 0 Å². The fourth-order valence-electron chi connectivity index (χ4n) is 3.01. The van der Waals surface area contributed by atoms with Crippen LogP contribution in [-0.4, -0.2) is 37.7 Å². The van der Waals surface area contributed by atoms with Crippen LogP contribution < -0.4 is 20.1 Å². The van der Waals surface area contributed by atoms with Crippen LogP contribution in [0.15, 0.2) is 24.3 Å². The molecule has 0 bridgehead atoms. The van der Waals surface area contributed by atoms with Gasteiger partial charge in [-0.25, -0.2) is 0 Å². The third-order valence-corrected chi connectivity index (χ3v) is 4.60. The van der Waals surface area contributed by atoms with E-state index < -0.39 is 6.10 Å². The minimum atomic E-state index is -0.597. The summed E-state index contributed by atoms with van der Waals surface area (Å²) in [6, 6.07) is 7.46. The molecule has 2 unspecified atom stereocenters. The monoisotopic (exact) mass is 304 g/mol. The smallest absolute Gasteiger partial charge is 0.265 e. The van der Waals surface area contributed by atoms with Gasteiger partial charge in [0.05, 0.1) is 0 Å². The summed E-state index contributed by atoms with van der Waals surface area (Å²) in [5.41, 5.74) is 0.164. The van der Waals surface area contributed by atoms with Gasteiger partial charge in [0.1, 0.15) is 6.10 Å². The van der Waals surface area contributed by atoms with Gasteiger partial charge in [0.25, 0.3) is 5.91 Å². The molecule has 22 heavy (non-hydrogen) atoms. The number of hydrogen-bond acceptors (Lipinski definition) is 4. The average molecular weight is 304 g/mol. The lowest BCUT2D eigenvalue weighted by Gasteiger charge is -2.35. The van der Waals surface area contributed by atoms with E-state index in [0.29, 0.717) is 18.0 Å². The maximum absolute atomic E-state index is 12.5. The Hall–Kier alpha value is -1.75. The molecule has 1 aromatic rings. The van der Waals surface area contributed by atoms with Crippen LogP contribution in [0.5, 0.6) is 11.5 Å². The summed E-state index contributed by atoms with van der Waals surface area (Å²) < 4.78 is 11.6. The SMILES string of the molecule is CC1Oc2ccccc2OC1C(=O)NCC1(C)CCNCC1. The van der Waals surface area contributed by atoms with Crippen LogP contribution >= 0.6 is 0 Å². The number of hydrogen-bond donors (Lipinski definition) is 2. The van der Waals surface area contributed by atoms with Crippen molar-refractivity contribution >= 4 is 5.91 Å². The molecule has 1 aromatic carbocycles. The van der Waals surface area contributed by atoms with E-state index in [9.17, 15) is 4.79 Å². The van der Waals surface area contributed by atoms with Gasteiger partial charge in [-0.2, -0.15) is 0 Å². The van der Waals surface area contributed by atoms with Crippen LogP contribution in [0.2, 0.25) is 0 Å². The number of carbonyl (C=O) groups excluding carboxylic acids is 1. The van der Waals surface area contributed by atoms with E-state index in [1.807, 2.05) is 31.2 Å². The number of rotatable bonds is 3. The Morgan fingerprint density at radius 2 is 1.91 bits per heavy atom. The second kappa shape index (κ2) is 6.16. The lowest BCUT2D eigenvalue weighted by atomic mass is 9.81. The number of nitrogens with one attached hydrogen (secondary N) is 2.